The molecule has 4 nitrogen and oxygen atoms in total. The van der Waals surface area contributed by atoms with Crippen LogP contribution in [0.3, 0.4) is 0 Å². The van der Waals surface area contributed by atoms with Gasteiger partial charge in [0.2, 0.25) is 0 Å². The molecule has 1 N–H and O–H groups in total. The van der Waals surface area contributed by atoms with Gasteiger partial charge in [-0.05, 0) is 44.0 Å². The van der Waals surface area contributed by atoms with E-state index in [1.807, 2.05) is 24.3 Å². The summed E-state index contributed by atoms with van der Waals surface area (Å²) < 4.78 is 16.2. The first-order valence-electron chi connectivity index (χ1n) is 6.89. The van der Waals surface area contributed by atoms with E-state index < -0.39 is 0 Å². The van der Waals surface area contributed by atoms with E-state index in [0.717, 1.165) is 24.4 Å². The maximum atomic E-state index is 5.77. The lowest BCUT2D eigenvalue weighted by atomic mass is 10.2. The normalized spacial score (nSPS) is 22.4. The highest BCUT2D eigenvalue weighted by Crippen LogP contribution is 2.20. The van der Waals surface area contributed by atoms with Crippen molar-refractivity contribution in [3.05, 3.63) is 24.3 Å². The van der Waals surface area contributed by atoms with E-state index in [1.54, 1.807) is 7.11 Å². The van der Waals surface area contributed by atoms with Crippen molar-refractivity contribution in [3.63, 3.8) is 0 Å². The highest BCUT2D eigenvalue weighted by atomic mass is 16.5. The zero-order valence-corrected chi connectivity index (χ0v) is 11.7. The molecular formula is C15H23NO3. The Labute approximate surface area is 115 Å². The first kappa shape index (κ1) is 14.2. The van der Waals surface area contributed by atoms with Gasteiger partial charge >= 0.3 is 0 Å². The predicted octanol–water partition coefficient (Wildman–Crippen LogP) is 2.69. The second-order valence-electron chi connectivity index (χ2n) is 4.89. The van der Waals surface area contributed by atoms with E-state index in [4.69, 9.17) is 14.2 Å². The molecule has 2 atom stereocenters. The molecule has 1 heterocycles. The second-order valence-corrected chi connectivity index (χ2v) is 4.89. The van der Waals surface area contributed by atoms with Crippen molar-refractivity contribution in [1.82, 2.24) is 0 Å². The van der Waals surface area contributed by atoms with Gasteiger partial charge in [-0.25, -0.2) is 0 Å². The average Bonchev–Trinajstić information content (AvgIpc) is 2.84. The summed E-state index contributed by atoms with van der Waals surface area (Å²) >= 11 is 0. The zero-order chi connectivity index (χ0) is 13.5. The van der Waals surface area contributed by atoms with Crippen LogP contribution >= 0.6 is 0 Å². The van der Waals surface area contributed by atoms with Crippen LogP contribution in [0.15, 0.2) is 24.3 Å². The van der Waals surface area contributed by atoms with Crippen molar-refractivity contribution >= 4 is 5.69 Å². The summed E-state index contributed by atoms with van der Waals surface area (Å²) in [5, 5.41) is 3.40. The maximum absolute atomic E-state index is 5.77. The van der Waals surface area contributed by atoms with E-state index in [9.17, 15) is 0 Å². The second kappa shape index (κ2) is 7.36. The molecule has 2 rings (SSSR count). The Balaban J connectivity index is 1.72. The van der Waals surface area contributed by atoms with Crippen LogP contribution in [0.1, 0.15) is 19.8 Å². The number of anilines is 1. The third kappa shape index (κ3) is 4.73. The number of nitrogens with one attached hydrogen (secondary N) is 1. The van der Waals surface area contributed by atoms with Crippen molar-refractivity contribution in [2.75, 3.05) is 32.2 Å². The lowest BCUT2D eigenvalue weighted by molar-refractivity contribution is 0.0637. The molecule has 0 aliphatic carbocycles. The van der Waals surface area contributed by atoms with Gasteiger partial charge in [0.05, 0.1) is 18.8 Å². The summed E-state index contributed by atoms with van der Waals surface area (Å²) in [6, 6.07) is 7.99. The van der Waals surface area contributed by atoms with Crippen molar-refractivity contribution in [3.8, 4) is 5.75 Å². The van der Waals surface area contributed by atoms with Gasteiger partial charge in [-0.1, -0.05) is 0 Å². The molecule has 0 aromatic heterocycles. The van der Waals surface area contributed by atoms with Crippen LogP contribution in [0.2, 0.25) is 0 Å². The average molecular weight is 265 g/mol. The van der Waals surface area contributed by atoms with Crippen LogP contribution < -0.4 is 10.1 Å². The summed E-state index contributed by atoms with van der Waals surface area (Å²) in [5.74, 6) is 0.869. The predicted molar refractivity (Wildman–Crippen MR) is 75.9 cm³/mol. The fourth-order valence-corrected chi connectivity index (χ4v) is 2.18. The molecule has 1 aliphatic heterocycles. The smallest absolute Gasteiger partial charge is 0.119 e. The molecular weight excluding hydrogens is 242 g/mol. The quantitative estimate of drug-likeness (QED) is 0.769. The molecule has 106 valence electrons. The summed E-state index contributed by atoms with van der Waals surface area (Å²) in [7, 11) is 1.67. The minimum atomic E-state index is 0.340. The molecule has 4 heteroatoms. The van der Waals surface area contributed by atoms with Gasteiger partial charge in [-0.3, -0.25) is 0 Å². The van der Waals surface area contributed by atoms with Crippen molar-refractivity contribution in [2.45, 2.75) is 32.0 Å². The lowest BCUT2D eigenvalue weighted by Gasteiger charge is -2.13. The first-order chi connectivity index (χ1) is 9.28. The Morgan fingerprint density at radius 1 is 1.21 bits per heavy atom. The lowest BCUT2D eigenvalue weighted by Crippen LogP contribution is -2.19. The van der Waals surface area contributed by atoms with Crippen molar-refractivity contribution in [1.29, 1.82) is 0 Å². The molecule has 1 fully saturated rings. The van der Waals surface area contributed by atoms with E-state index in [0.29, 0.717) is 25.4 Å². The number of benzene rings is 1. The topological polar surface area (TPSA) is 39.7 Å². The molecule has 0 bridgehead atoms. The third-order valence-electron chi connectivity index (χ3n) is 3.26. The summed E-state index contributed by atoms with van der Waals surface area (Å²) in [6.45, 7) is 4.19. The monoisotopic (exact) mass is 265 g/mol. The largest absolute Gasteiger partial charge is 0.491 e. The Morgan fingerprint density at radius 3 is 2.63 bits per heavy atom. The molecule has 0 spiro atoms. The van der Waals surface area contributed by atoms with Crippen molar-refractivity contribution in [2.24, 2.45) is 0 Å². The summed E-state index contributed by atoms with van der Waals surface area (Å²) in [5.41, 5.74) is 1.10. The molecule has 0 radical (unpaired) electrons. The number of ether oxygens (including phenoxy) is 3. The van der Waals surface area contributed by atoms with E-state index in [-0.39, 0.29) is 0 Å². The number of hydrogen-bond acceptors (Lipinski definition) is 4. The Hall–Kier alpha value is -1.26. The molecule has 1 aromatic carbocycles. The highest BCUT2D eigenvalue weighted by molar-refractivity contribution is 5.46. The van der Waals surface area contributed by atoms with Crippen LogP contribution in [0.4, 0.5) is 5.69 Å². The third-order valence-corrected chi connectivity index (χ3v) is 3.26. The number of rotatable bonds is 7. The van der Waals surface area contributed by atoms with Gasteiger partial charge in [0.1, 0.15) is 12.4 Å². The molecule has 1 saturated heterocycles. The Bertz CT molecular complexity index is 366. The minimum absolute atomic E-state index is 0.340. The number of hydrogen-bond donors (Lipinski definition) is 1. The van der Waals surface area contributed by atoms with Crippen LogP contribution in [0, 0.1) is 0 Å². The summed E-state index contributed by atoms with van der Waals surface area (Å²) in [4.78, 5) is 0. The first-order valence-corrected chi connectivity index (χ1v) is 6.89. The zero-order valence-electron chi connectivity index (χ0n) is 11.7. The van der Waals surface area contributed by atoms with Gasteiger partial charge < -0.3 is 19.5 Å². The molecule has 1 aromatic rings. The van der Waals surface area contributed by atoms with E-state index in [2.05, 4.69) is 12.2 Å². The van der Waals surface area contributed by atoms with Crippen LogP contribution in [0.25, 0.3) is 0 Å². The van der Waals surface area contributed by atoms with Gasteiger partial charge in [-0.2, -0.15) is 0 Å². The van der Waals surface area contributed by atoms with Gasteiger partial charge in [-0.15, -0.1) is 0 Å². The Morgan fingerprint density at radius 2 is 2.00 bits per heavy atom. The van der Waals surface area contributed by atoms with Crippen molar-refractivity contribution < 1.29 is 14.2 Å². The highest BCUT2D eigenvalue weighted by Gasteiger charge is 2.21. The molecule has 0 amide bonds. The maximum Gasteiger partial charge on any atom is 0.119 e. The SMILES string of the molecule is COCCOc1ccc(NCC2CCC(C)O2)cc1. The molecule has 2 unspecified atom stereocenters. The fraction of sp³-hybridized carbons (Fsp3) is 0.600. The van der Waals surface area contributed by atoms with Gasteiger partial charge in [0.25, 0.3) is 0 Å². The molecule has 19 heavy (non-hydrogen) atoms. The minimum Gasteiger partial charge on any atom is -0.491 e. The van der Waals surface area contributed by atoms with E-state index in [1.165, 1.54) is 6.42 Å². The standard InChI is InChI=1S/C15H23NO3/c1-12-3-6-15(19-12)11-16-13-4-7-14(8-5-13)18-10-9-17-2/h4-5,7-8,12,15-16H,3,6,9-11H2,1-2H3. The number of methoxy groups -OCH3 is 1. The fourth-order valence-electron chi connectivity index (χ4n) is 2.18. The van der Waals surface area contributed by atoms with Crippen LogP contribution in [-0.2, 0) is 9.47 Å². The Kier molecular flexibility index (Phi) is 5.48. The molecule has 1 aliphatic rings. The van der Waals surface area contributed by atoms with Gasteiger partial charge in [0, 0.05) is 19.3 Å². The van der Waals surface area contributed by atoms with E-state index >= 15 is 0 Å². The van der Waals surface area contributed by atoms with Crippen LogP contribution in [0.5, 0.6) is 5.75 Å². The molecule has 0 saturated carbocycles. The van der Waals surface area contributed by atoms with Gasteiger partial charge in [0.15, 0.2) is 0 Å². The van der Waals surface area contributed by atoms with Crippen LogP contribution in [-0.4, -0.2) is 39.1 Å². The summed E-state index contributed by atoms with van der Waals surface area (Å²) in [6.07, 6.45) is 3.06.